The molecule has 34 heavy (non-hydrogen) atoms. The van der Waals surface area contributed by atoms with Crippen molar-refractivity contribution in [1.29, 1.82) is 0 Å². The Hall–Kier alpha value is -3.35. The SMILES string of the molecule is CC(C)C[C@@H](NC(=O)OCC1c2ccccc2-c2ccccc21)C(=O)N(CC(=O)O)CC(C)C. The zero-order chi connectivity index (χ0) is 24.8. The molecule has 0 bridgehead atoms. The molecule has 0 aromatic heterocycles. The summed E-state index contributed by atoms with van der Waals surface area (Å²) < 4.78 is 5.61. The summed E-state index contributed by atoms with van der Waals surface area (Å²) in [6.07, 6.45) is -0.294. The number of carboxylic acids is 1. The molecule has 2 N–H and O–H groups in total. The average Bonchev–Trinajstić information content (AvgIpc) is 3.09. The number of rotatable bonds is 10. The van der Waals surface area contributed by atoms with Gasteiger partial charge in [0, 0.05) is 12.5 Å². The van der Waals surface area contributed by atoms with E-state index >= 15 is 0 Å². The predicted molar refractivity (Wildman–Crippen MR) is 131 cm³/mol. The van der Waals surface area contributed by atoms with Gasteiger partial charge in [0.25, 0.3) is 0 Å². The Morgan fingerprint density at radius 1 is 0.941 bits per heavy atom. The van der Waals surface area contributed by atoms with Crippen LogP contribution in [0.25, 0.3) is 11.1 Å². The minimum Gasteiger partial charge on any atom is -0.480 e. The third kappa shape index (κ3) is 6.16. The number of carboxylic acid groups (broad SMARTS) is 1. The lowest BCUT2D eigenvalue weighted by molar-refractivity contribution is -0.145. The molecule has 1 aliphatic carbocycles. The number of carbonyl (C=O) groups excluding carboxylic acids is 2. The quantitative estimate of drug-likeness (QED) is 0.537. The fourth-order valence-corrected chi connectivity index (χ4v) is 4.53. The van der Waals surface area contributed by atoms with Gasteiger partial charge >= 0.3 is 12.1 Å². The molecule has 7 heteroatoms. The summed E-state index contributed by atoms with van der Waals surface area (Å²) >= 11 is 0. The first kappa shape index (κ1) is 25.3. The molecule has 0 heterocycles. The molecule has 3 rings (SSSR count). The molecule has 2 aromatic rings. The van der Waals surface area contributed by atoms with Crippen molar-refractivity contribution in [2.24, 2.45) is 11.8 Å². The molecule has 0 unspecified atom stereocenters. The molecule has 0 saturated heterocycles. The van der Waals surface area contributed by atoms with Crippen LogP contribution in [0.15, 0.2) is 48.5 Å². The molecule has 2 amide bonds. The average molecular weight is 467 g/mol. The largest absolute Gasteiger partial charge is 0.480 e. The molecular weight excluding hydrogens is 432 g/mol. The van der Waals surface area contributed by atoms with E-state index < -0.39 is 30.6 Å². The molecule has 0 spiro atoms. The van der Waals surface area contributed by atoms with Crippen molar-refractivity contribution in [2.45, 2.75) is 46.1 Å². The molecule has 2 aromatic carbocycles. The number of hydrogen-bond acceptors (Lipinski definition) is 4. The van der Waals surface area contributed by atoms with E-state index in [-0.39, 0.29) is 24.4 Å². The zero-order valence-electron chi connectivity index (χ0n) is 20.3. The van der Waals surface area contributed by atoms with Gasteiger partial charge in [-0.05, 0) is 40.5 Å². The number of alkyl carbamates (subject to hydrolysis) is 1. The van der Waals surface area contributed by atoms with Crippen molar-refractivity contribution in [3.63, 3.8) is 0 Å². The van der Waals surface area contributed by atoms with Crippen LogP contribution in [-0.2, 0) is 14.3 Å². The summed E-state index contributed by atoms with van der Waals surface area (Å²) in [6.45, 7) is 7.77. The third-order valence-electron chi connectivity index (χ3n) is 5.86. The van der Waals surface area contributed by atoms with E-state index in [1.165, 1.54) is 4.90 Å². The summed E-state index contributed by atoms with van der Waals surface area (Å²) in [5, 5.41) is 12.0. The van der Waals surface area contributed by atoms with Gasteiger partial charge in [0.05, 0.1) is 0 Å². The predicted octanol–water partition coefficient (Wildman–Crippen LogP) is 4.51. The van der Waals surface area contributed by atoms with E-state index in [4.69, 9.17) is 4.74 Å². The molecule has 0 fully saturated rings. The second-order valence-corrected chi connectivity index (χ2v) is 9.66. The first-order valence-electron chi connectivity index (χ1n) is 11.8. The molecule has 0 aliphatic heterocycles. The first-order valence-corrected chi connectivity index (χ1v) is 11.8. The number of nitrogens with zero attached hydrogens (tertiary/aromatic N) is 1. The highest BCUT2D eigenvalue weighted by Crippen LogP contribution is 2.44. The van der Waals surface area contributed by atoms with Crippen LogP contribution in [0.1, 0.15) is 51.2 Å². The maximum Gasteiger partial charge on any atom is 0.407 e. The number of fused-ring (bicyclic) bond motifs is 3. The number of amides is 2. The van der Waals surface area contributed by atoms with E-state index in [1.54, 1.807) is 0 Å². The number of hydrogen-bond donors (Lipinski definition) is 2. The van der Waals surface area contributed by atoms with Crippen molar-refractivity contribution in [2.75, 3.05) is 19.7 Å². The third-order valence-corrected chi connectivity index (χ3v) is 5.86. The zero-order valence-corrected chi connectivity index (χ0v) is 20.3. The van der Waals surface area contributed by atoms with Crippen molar-refractivity contribution in [3.8, 4) is 11.1 Å². The standard InChI is InChI=1S/C27H34N2O5/c1-17(2)13-24(26(32)29(14-18(3)4)15-25(30)31)28-27(33)34-16-23-21-11-7-5-9-19(21)20-10-6-8-12-22(20)23/h5-12,17-18,23-24H,13-16H2,1-4H3,(H,28,33)(H,30,31)/t24-/m1/s1. The summed E-state index contributed by atoms with van der Waals surface area (Å²) in [7, 11) is 0. The Kier molecular flexibility index (Phi) is 8.31. The van der Waals surface area contributed by atoms with Gasteiger partial charge in [-0.25, -0.2) is 4.79 Å². The normalized spacial score (nSPS) is 13.4. The summed E-state index contributed by atoms with van der Waals surface area (Å²) in [5.74, 6) is -1.36. The minimum absolute atomic E-state index is 0.0816. The van der Waals surface area contributed by atoms with Crippen LogP contribution in [0.3, 0.4) is 0 Å². The van der Waals surface area contributed by atoms with Gasteiger partial charge in [0.1, 0.15) is 19.2 Å². The maximum atomic E-state index is 13.2. The van der Waals surface area contributed by atoms with Crippen LogP contribution in [0.5, 0.6) is 0 Å². The molecule has 0 radical (unpaired) electrons. The van der Waals surface area contributed by atoms with Crippen molar-refractivity contribution in [3.05, 3.63) is 59.7 Å². The van der Waals surface area contributed by atoms with Gasteiger partial charge in [0.2, 0.25) is 5.91 Å². The lowest BCUT2D eigenvalue weighted by Gasteiger charge is -2.28. The Bertz CT molecular complexity index is 988. The van der Waals surface area contributed by atoms with Crippen LogP contribution >= 0.6 is 0 Å². The van der Waals surface area contributed by atoms with Gasteiger partial charge in [-0.15, -0.1) is 0 Å². The Morgan fingerprint density at radius 2 is 1.50 bits per heavy atom. The number of ether oxygens (including phenoxy) is 1. The Morgan fingerprint density at radius 3 is 2.00 bits per heavy atom. The van der Waals surface area contributed by atoms with Crippen molar-refractivity contribution < 1.29 is 24.2 Å². The number of aliphatic carboxylic acids is 1. The van der Waals surface area contributed by atoms with Crippen molar-refractivity contribution >= 4 is 18.0 Å². The molecule has 7 nitrogen and oxygen atoms in total. The number of benzene rings is 2. The van der Waals surface area contributed by atoms with Crippen LogP contribution < -0.4 is 5.32 Å². The fourth-order valence-electron chi connectivity index (χ4n) is 4.53. The van der Waals surface area contributed by atoms with E-state index in [1.807, 2.05) is 64.1 Å². The number of carbonyl (C=O) groups is 3. The minimum atomic E-state index is -1.08. The van der Waals surface area contributed by atoms with E-state index in [9.17, 15) is 19.5 Å². The smallest absolute Gasteiger partial charge is 0.407 e. The number of nitrogens with one attached hydrogen (secondary N) is 1. The molecule has 0 saturated carbocycles. The summed E-state index contributed by atoms with van der Waals surface area (Å²) in [6, 6.07) is 15.3. The topological polar surface area (TPSA) is 95.9 Å². The Balaban J connectivity index is 1.71. The second-order valence-electron chi connectivity index (χ2n) is 9.66. The lowest BCUT2D eigenvalue weighted by Crippen LogP contribution is -2.51. The molecular formula is C27H34N2O5. The monoisotopic (exact) mass is 466 g/mol. The Labute approximate surface area is 201 Å². The lowest BCUT2D eigenvalue weighted by atomic mass is 9.98. The van der Waals surface area contributed by atoms with Crippen LogP contribution in [0, 0.1) is 11.8 Å². The van der Waals surface area contributed by atoms with Gasteiger partial charge in [-0.2, -0.15) is 0 Å². The van der Waals surface area contributed by atoms with E-state index in [0.29, 0.717) is 13.0 Å². The highest BCUT2D eigenvalue weighted by atomic mass is 16.5. The van der Waals surface area contributed by atoms with Gasteiger partial charge in [-0.3, -0.25) is 9.59 Å². The van der Waals surface area contributed by atoms with Crippen LogP contribution in [-0.4, -0.2) is 53.7 Å². The van der Waals surface area contributed by atoms with Gasteiger partial charge in [0.15, 0.2) is 0 Å². The molecule has 182 valence electrons. The highest BCUT2D eigenvalue weighted by Gasteiger charge is 2.31. The van der Waals surface area contributed by atoms with E-state index in [2.05, 4.69) is 17.4 Å². The van der Waals surface area contributed by atoms with Gasteiger partial charge in [-0.1, -0.05) is 76.2 Å². The van der Waals surface area contributed by atoms with Crippen molar-refractivity contribution in [1.82, 2.24) is 10.2 Å². The van der Waals surface area contributed by atoms with Crippen LogP contribution in [0.2, 0.25) is 0 Å². The molecule has 1 atom stereocenters. The van der Waals surface area contributed by atoms with Crippen LogP contribution in [0.4, 0.5) is 4.79 Å². The summed E-state index contributed by atoms with van der Waals surface area (Å²) in [4.78, 5) is 38.5. The summed E-state index contributed by atoms with van der Waals surface area (Å²) in [5.41, 5.74) is 4.49. The van der Waals surface area contributed by atoms with Gasteiger partial charge < -0.3 is 20.1 Å². The highest BCUT2D eigenvalue weighted by molar-refractivity contribution is 5.88. The second kappa shape index (κ2) is 11.2. The fraction of sp³-hybridized carbons (Fsp3) is 0.444. The van der Waals surface area contributed by atoms with E-state index in [0.717, 1.165) is 22.3 Å². The maximum absolute atomic E-state index is 13.2. The first-order chi connectivity index (χ1) is 16.2. The molecule has 1 aliphatic rings.